The van der Waals surface area contributed by atoms with Crippen LogP contribution in [0.5, 0.6) is 5.88 Å². The van der Waals surface area contributed by atoms with Crippen molar-refractivity contribution in [3.63, 3.8) is 0 Å². The molecule has 0 unspecified atom stereocenters. The van der Waals surface area contributed by atoms with E-state index in [2.05, 4.69) is 10.1 Å². The second kappa shape index (κ2) is 4.28. The Hall–Kier alpha value is -2.56. The van der Waals surface area contributed by atoms with Gasteiger partial charge in [0.2, 0.25) is 5.88 Å². The van der Waals surface area contributed by atoms with E-state index in [0.29, 0.717) is 17.1 Å². The minimum absolute atomic E-state index is 0.185. The van der Waals surface area contributed by atoms with Crippen LogP contribution in [-0.2, 0) is 7.05 Å². The van der Waals surface area contributed by atoms with Crippen molar-refractivity contribution < 1.29 is 9.63 Å². The number of benzene rings is 1. The summed E-state index contributed by atoms with van der Waals surface area (Å²) >= 11 is 0. The highest BCUT2D eigenvalue weighted by Gasteiger charge is 2.12. The van der Waals surface area contributed by atoms with Gasteiger partial charge in [-0.25, -0.2) is 4.99 Å². The number of aliphatic imine (C=N–C) groups is 1. The van der Waals surface area contributed by atoms with Gasteiger partial charge in [-0.3, -0.25) is 0 Å². The number of hydrogen-bond donors (Lipinski definition) is 1. The molecule has 0 radical (unpaired) electrons. The number of nitrogens with zero attached hydrogens (tertiary/aromatic N) is 3. The molecule has 0 saturated heterocycles. The summed E-state index contributed by atoms with van der Waals surface area (Å²) in [6.45, 7) is 1.81. The first-order valence-corrected chi connectivity index (χ1v) is 5.90. The number of fused-ring (bicyclic) bond motifs is 1. The van der Waals surface area contributed by atoms with Crippen LogP contribution in [0.2, 0.25) is 0 Å². The fourth-order valence-electron chi connectivity index (χ4n) is 2.08. The van der Waals surface area contributed by atoms with E-state index in [4.69, 9.17) is 4.52 Å². The largest absolute Gasteiger partial charge is 0.494 e. The molecule has 0 aliphatic rings. The monoisotopic (exact) mass is 255 g/mol. The highest BCUT2D eigenvalue weighted by Crippen LogP contribution is 2.29. The normalized spacial score (nSPS) is 11.7. The summed E-state index contributed by atoms with van der Waals surface area (Å²) in [6.07, 6.45) is 1.61. The van der Waals surface area contributed by atoms with Crippen LogP contribution < -0.4 is 0 Å². The number of hydrogen-bond acceptors (Lipinski definition) is 4. The average molecular weight is 255 g/mol. The predicted molar refractivity (Wildman–Crippen MR) is 73.1 cm³/mol. The molecule has 2 heterocycles. The van der Waals surface area contributed by atoms with E-state index in [-0.39, 0.29) is 5.88 Å². The molecule has 0 saturated carbocycles. The molecule has 0 aliphatic carbocycles. The Bertz CT molecular complexity index is 768. The van der Waals surface area contributed by atoms with E-state index in [1.165, 1.54) is 0 Å². The Morgan fingerprint density at radius 2 is 2.16 bits per heavy atom. The average Bonchev–Trinajstić information content (AvgIpc) is 2.93. The van der Waals surface area contributed by atoms with Crippen molar-refractivity contribution in [2.45, 2.75) is 6.92 Å². The summed E-state index contributed by atoms with van der Waals surface area (Å²) in [7, 11) is 1.81. The summed E-state index contributed by atoms with van der Waals surface area (Å²) in [4.78, 5) is 4.22. The Morgan fingerprint density at radius 1 is 1.37 bits per heavy atom. The molecule has 3 rings (SSSR count). The fraction of sp³-hybridized carbons (Fsp3) is 0.143. The van der Waals surface area contributed by atoms with Gasteiger partial charge in [0, 0.05) is 24.7 Å². The van der Waals surface area contributed by atoms with E-state index in [1.54, 1.807) is 23.8 Å². The van der Waals surface area contributed by atoms with E-state index < -0.39 is 0 Å². The standard InChI is InChI=1S/C14H13N3O2/c1-9-7-13(16-19-9)15-8-11-10-5-3-4-6-12(10)17(2)14(11)18/h3-8,18H,1-2H3. The molecule has 96 valence electrons. The lowest BCUT2D eigenvalue weighted by Crippen LogP contribution is -1.85. The van der Waals surface area contributed by atoms with Crippen LogP contribution in [0, 0.1) is 6.92 Å². The van der Waals surface area contributed by atoms with Crippen LogP contribution in [0.15, 0.2) is 39.8 Å². The lowest BCUT2D eigenvalue weighted by Gasteiger charge is -1.95. The molecule has 0 spiro atoms. The van der Waals surface area contributed by atoms with Crippen molar-refractivity contribution in [3.8, 4) is 5.88 Å². The second-order valence-electron chi connectivity index (χ2n) is 4.37. The Labute approximate surface area is 109 Å². The number of aromatic hydroxyl groups is 1. The van der Waals surface area contributed by atoms with Gasteiger partial charge >= 0.3 is 0 Å². The van der Waals surface area contributed by atoms with Crippen LogP contribution in [0.25, 0.3) is 10.9 Å². The molecule has 0 bridgehead atoms. The maximum Gasteiger partial charge on any atom is 0.200 e. The van der Waals surface area contributed by atoms with Crippen LogP contribution in [0.3, 0.4) is 0 Å². The summed E-state index contributed by atoms with van der Waals surface area (Å²) in [5.41, 5.74) is 1.64. The zero-order chi connectivity index (χ0) is 13.4. The zero-order valence-corrected chi connectivity index (χ0v) is 10.7. The maximum absolute atomic E-state index is 10.1. The smallest absolute Gasteiger partial charge is 0.200 e. The zero-order valence-electron chi connectivity index (χ0n) is 10.7. The topological polar surface area (TPSA) is 63.6 Å². The van der Waals surface area contributed by atoms with Gasteiger partial charge in [-0.1, -0.05) is 23.4 Å². The molecule has 1 aromatic carbocycles. The Kier molecular flexibility index (Phi) is 2.59. The predicted octanol–water partition coefficient (Wildman–Crippen LogP) is 2.93. The molecule has 0 fully saturated rings. The molecule has 2 aromatic heterocycles. The van der Waals surface area contributed by atoms with Crippen LogP contribution in [0.1, 0.15) is 11.3 Å². The van der Waals surface area contributed by atoms with Gasteiger partial charge in [0.15, 0.2) is 5.82 Å². The van der Waals surface area contributed by atoms with Gasteiger partial charge in [-0.15, -0.1) is 0 Å². The molecular weight excluding hydrogens is 242 g/mol. The first kappa shape index (κ1) is 11.5. The minimum atomic E-state index is 0.185. The number of aromatic nitrogens is 2. The van der Waals surface area contributed by atoms with E-state index >= 15 is 0 Å². The van der Waals surface area contributed by atoms with Crippen molar-refractivity contribution in [1.29, 1.82) is 0 Å². The van der Waals surface area contributed by atoms with Gasteiger partial charge in [-0.2, -0.15) is 0 Å². The Balaban J connectivity index is 2.10. The van der Waals surface area contributed by atoms with Gasteiger partial charge in [0.05, 0.1) is 11.1 Å². The van der Waals surface area contributed by atoms with Crippen LogP contribution in [-0.4, -0.2) is 21.0 Å². The van der Waals surface area contributed by atoms with Crippen molar-refractivity contribution in [1.82, 2.24) is 9.72 Å². The summed E-state index contributed by atoms with van der Waals surface area (Å²) in [6, 6.07) is 9.50. The summed E-state index contributed by atoms with van der Waals surface area (Å²) in [5.74, 6) is 1.38. The van der Waals surface area contributed by atoms with E-state index in [0.717, 1.165) is 10.9 Å². The first-order valence-electron chi connectivity index (χ1n) is 5.90. The molecule has 19 heavy (non-hydrogen) atoms. The third-order valence-corrected chi connectivity index (χ3v) is 3.06. The molecule has 1 N–H and O–H groups in total. The van der Waals surface area contributed by atoms with E-state index in [1.807, 2.05) is 31.3 Å². The second-order valence-corrected chi connectivity index (χ2v) is 4.37. The number of aryl methyl sites for hydroxylation is 2. The minimum Gasteiger partial charge on any atom is -0.494 e. The Morgan fingerprint density at radius 3 is 2.89 bits per heavy atom. The van der Waals surface area contributed by atoms with Gasteiger partial charge in [0.25, 0.3) is 0 Å². The van der Waals surface area contributed by atoms with Crippen LogP contribution >= 0.6 is 0 Å². The number of rotatable bonds is 2. The van der Waals surface area contributed by atoms with Gasteiger partial charge in [-0.05, 0) is 13.0 Å². The molecular formula is C14H13N3O2. The van der Waals surface area contributed by atoms with Gasteiger partial charge < -0.3 is 14.2 Å². The quantitative estimate of drug-likeness (QED) is 0.716. The molecule has 0 atom stereocenters. The highest BCUT2D eigenvalue weighted by atomic mass is 16.5. The fourth-order valence-corrected chi connectivity index (χ4v) is 2.08. The van der Waals surface area contributed by atoms with Crippen molar-refractivity contribution >= 4 is 22.9 Å². The SMILES string of the molecule is Cc1cc(N=Cc2c(O)n(C)c3ccccc23)no1. The summed E-state index contributed by atoms with van der Waals surface area (Å²) < 4.78 is 6.67. The summed E-state index contributed by atoms with van der Waals surface area (Å²) in [5, 5.41) is 14.9. The molecule has 5 heteroatoms. The van der Waals surface area contributed by atoms with Gasteiger partial charge in [0.1, 0.15) is 5.76 Å². The molecule has 0 amide bonds. The maximum atomic E-state index is 10.1. The lowest BCUT2D eigenvalue weighted by atomic mass is 10.2. The van der Waals surface area contributed by atoms with Crippen molar-refractivity contribution in [3.05, 3.63) is 41.7 Å². The lowest BCUT2D eigenvalue weighted by molar-refractivity contribution is 0.399. The molecule has 5 nitrogen and oxygen atoms in total. The third kappa shape index (κ3) is 1.89. The van der Waals surface area contributed by atoms with Crippen molar-refractivity contribution in [2.75, 3.05) is 0 Å². The van der Waals surface area contributed by atoms with E-state index in [9.17, 15) is 5.11 Å². The molecule has 0 aliphatic heterocycles. The molecule has 3 aromatic rings. The third-order valence-electron chi connectivity index (χ3n) is 3.06. The van der Waals surface area contributed by atoms with Crippen molar-refractivity contribution in [2.24, 2.45) is 12.0 Å². The van der Waals surface area contributed by atoms with Crippen LogP contribution in [0.4, 0.5) is 5.82 Å². The number of para-hydroxylation sites is 1. The highest BCUT2D eigenvalue weighted by molar-refractivity contribution is 6.02. The first-order chi connectivity index (χ1) is 9.16.